The first-order valence-electron chi connectivity index (χ1n) is 6.05. The van der Waals surface area contributed by atoms with Crippen LogP contribution in [0.4, 0.5) is 0 Å². The lowest BCUT2D eigenvalue weighted by Gasteiger charge is -2.20. The van der Waals surface area contributed by atoms with E-state index in [4.69, 9.17) is 5.73 Å². The van der Waals surface area contributed by atoms with E-state index in [-0.39, 0.29) is 12.4 Å². The molecule has 0 aromatic heterocycles. The second kappa shape index (κ2) is 4.59. The Labute approximate surface area is 102 Å². The van der Waals surface area contributed by atoms with Crippen molar-refractivity contribution in [1.82, 2.24) is 0 Å². The number of hydrogen-bond acceptors (Lipinski definition) is 3. The fraction of sp³-hybridized carbons (Fsp3) is 0.500. The van der Waals surface area contributed by atoms with Gasteiger partial charge in [0.15, 0.2) is 5.78 Å². The van der Waals surface area contributed by atoms with Gasteiger partial charge in [0.25, 0.3) is 0 Å². The van der Waals surface area contributed by atoms with Crippen LogP contribution in [0.2, 0.25) is 0 Å². The summed E-state index contributed by atoms with van der Waals surface area (Å²) in [5, 5.41) is 9.24. The summed E-state index contributed by atoms with van der Waals surface area (Å²) in [4.78, 5) is 11.2. The summed E-state index contributed by atoms with van der Waals surface area (Å²) in [6.45, 7) is 1.62. The number of carbonyl (C=O) groups is 1. The molecule has 1 aliphatic carbocycles. The fourth-order valence-electron chi connectivity index (χ4n) is 2.57. The molecule has 0 unspecified atom stereocenters. The van der Waals surface area contributed by atoms with Crippen LogP contribution in [-0.2, 0) is 0 Å². The molecule has 0 amide bonds. The lowest BCUT2D eigenvalue weighted by molar-refractivity contribution is 0.101. The van der Waals surface area contributed by atoms with Gasteiger partial charge in [-0.05, 0) is 37.7 Å². The molecule has 1 aromatic rings. The van der Waals surface area contributed by atoms with Crippen molar-refractivity contribution in [3.8, 4) is 0 Å². The highest BCUT2D eigenvalue weighted by molar-refractivity contribution is 5.94. The maximum atomic E-state index is 11.2. The maximum absolute atomic E-state index is 11.2. The molecule has 3 heteroatoms. The van der Waals surface area contributed by atoms with Crippen molar-refractivity contribution in [1.29, 1.82) is 0 Å². The van der Waals surface area contributed by atoms with Gasteiger partial charge in [0, 0.05) is 11.1 Å². The standard InChI is InChI=1S/C14H19NO2/c1-10(17)11-2-4-12(5-3-11)13-6-7-14(15,8-13)9-16/h2-5,13,16H,6-9,15H2,1H3/t13-,14-/m1/s1. The van der Waals surface area contributed by atoms with Gasteiger partial charge >= 0.3 is 0 Å². The second-order valence-corrected chi connectivity index (χ2v) is 5.14. The third-order valence-electron chi connectivity index (χ3n) is 3.75. The Bertz CT molecular complexity index is 413. The normalized spacial score (nSPS) is 28.3. The minimum atomic E-state index is -0.413. The first-order chi connectivity index (χ1) is 8.04. The van der Waals surface area contributed by atoms with Crippen LogP contribution in [0, 0.1) is 0 Å². The van der Waals surface area contributed by atoms with E-state index in [2.05, 4.69) is 0 Å². The summed E-state index contributed by atoms with van der Waals surface area (Å²) >= 11 is 0. The molecule has 17 heavy (non-hydrogen) atoms. The van der Waals surface area contributed by atoms with Gasteiger partial charge < -0.3 is 10.8 Å². The van der Waals surface area contributed by atoms with Crippen molar-refractivity contribution in [3.05, 3.63) is 35.4 Å². The number of hydrogen-bond donors (Lipinski definition) is 2. The van der Waals surface area contributed by atoms with Crippen molar-refractivity contribution in [2.24, 2.45) is 5.73 Å². The molecule has 2 atom stereocenters. The number of rotatable bonds is 3. The van der Waals surface area contributed by atoms with Crippen LogP contribution in [0.5, 0.6) is 0 Å². The molecule has 1 fully saturated rings. The van der Waals surface area contributed by atoms with E-state index in [1.54, 1.807) is 6.92 Å². The number of aliphatic hydroxyl groups excluding tert-OH is 1. The predicted octanol–water partition coefficient (Wildman–Crippen LogP) is 1.85. The number of Topliss-reactive ketones (excluding diaryl/α,β-unsaturated/α-hetero) is 1. The van der Waals surface area contributed by atoms with Crippen LogP contribution < -0.4 is 5.73 Å². The highest BCUT2D eigenvalue weighted by Crippen LogP contribution is 2.39. The van der Waals surface area contributed by atoms with Crippen LogP contribution in [0.1, 0.15) is 48.0 Å². The highest BCUT2D eigenvalue weighted by Gasteiger charge is 2.35. The molecular formula is C14H19NO2. The molecule has 0 aliphatic heterocycles. The van der Waals surface area contributed by atoms with E-state index < -0.39 is 5.54 Å². The van der Waals surface area contributed by atoms with E-state index in [1.807, 2.05) is 24.3 Å². The molecule has 1 aromatic carbocycles. The Morgan fingerprint density at radius 1 is 1.47 bits per heavy atom. The molecule has 0 heterocycles. The summed E-state index contributed by atoms with van der Waals surface area (Å²) < 4.78 is 0. The van der Waals surface area contributed by atoms with Gasteiger partial charge in [-0.25, -0.2) is 0 Å². The minimum absolute atomic E-state index is 0.0506. The van der Waals surface area contributed by atoms with Crippen molar-refractivity contribution in [2.45, 2.75) is 37.6 Å². The molecule has 3 nitrogen and oxygen atoms in total. The third-order valence-corrected chi connectivity index (χ3v) is 3.75. The maximum Gasteiger partial charge on any atom is 0.159 e. The van der Waals surface area contributed by atoms with Gasteiger partial charge in [-0.3, -0.25) is 4.79 Å². The lowest BCUT2D eigenvalue weighted by atomic mass is 9.93. The number of aliphatic hydroxyl groups is 1. The van der Waals surface area contributed by atoms with Crippen molar-refractivity contribution in [3.63, 3.8) is 0 Å². The summed E-state index contributed by atoms with van der Waals surface area (Å²) in [6, 6.07) is 7.75. The Morgan fingerprint density at radius 3 is 2.59 bits per heavy atom. The molecular weight excluding hydrogens is 214 g/mol. The monoisotopic (exact) mass is 233 g/mol. The SMILES string of the molecule is CC(=O)c1ccc([C@@H]2CC[C@](N)(CO)C2)cc1. The molecule has 1 aliphatic rings. The van der Waals surface area contributed by atoms with Gasteiger partial charge in [-0.2, -0.15) is 0 Å². The van der Waals surface area contributed by atoms with E-state index in [0.717, 1.165) is 24.8 Å². The topological polar surface area (TPSA) is 63.3 Å². The van der Waals surface area contributed by atoms with E-state index in [9.17, 15) is 9.90 Å². The Balaban J connectivity index is 2.12. The quantitative estimate of drug-likeness (QED) is 0.783. The number of carbonyl (C=O) groups excluding carboxylic acids is 1. The van der Waals surface area contributed by atoms with Crippen LogP contribution in [-0.4, -0.2) is 23.0 Å². The van der Waals surface area contributed by atoms with Crippen LogP contribution in [0.15, 0.2) is 24.3 Å². The summed E-state index contributed by atoms with van der Waals surface area (Å²) in [5.74, 6) is 0.500. The number of ketones is 1. The minimum Gasteiger partial charge on any atom is -0.394 e. The highest BCUT2D eigenvalue weighted by atomic mass is 16.3. The zero-order valence-corrected chi connectivity index (χ0v) is 10.1. The Hall–Kier alpha value is -1.19. The molecule has 2 rings (SSSR count). The summed E-state index contributed by atoms with van der Waals surface area (Å²) in [6.07, 6.45) is 2.70. The first kappa shape index (κ1) is 12.3. The molecule has 3 N–H and O–H groups in total. The smallest absolute Gasteiger partial charge is 0.159 e. The first-order valence-corrected chi connectivity index (χ1v) is 6.05. The Morgan fingerprint density at radius 2 is 2.12 bits per heavy atom. The van der Waals surface area contributed by atoms with E-state index in [1.165, 1.54) is 5.56 Å². The predicted molar refractivity (Wildman–Crippen MR) is 67.0 cm³/mol. The van der Waals surface area contributed by atoms with Crippen LogP contribution in [0.3, 0.4) is 0 Å². The zero-order chi connectivity index (χ0) is 12.5. The molecule has 92 valence electrons. The molecule has 1 saturated carbocycles. The van der Waals surface area contributed by atoms with Gasteiger partial charge in [0.1, 0.15) is 0 Å². The van der Waals surface area contributed by atoms with Gasteiger partial charge in [0.05, 0.1) is 6.61 Å². The van der Waals surface area contributed by atoms with Gasteiger partial charge in [0.2, 0.25) is 0 Å². The third kappa shape index (κ3) is 2.56. The Kier molecular flexibility index (Phi) is 3.31. The second-order valence-electron chi connectivity index (χ2n) is 5.14. The van der Waals surface area contributed by atoms with Crippen molar-refractivity contribution < 1.29 is 9.90 Å². The number of nitrogens with two attached hydrogens (primary N) is 1. The molecule has 0 bridgehead atoms. The lowest BCUT2D eigenvalue weighted by Crippen LogP contribution is -2.40. The largest absolute Gasteiger partial charge is 0.394 e. The van der Waals surface area contributed by atoms with E-state index >= 15 is 0 Å². The van der Waals surface area contributed by atoms with Gasteiger partial charge in [-0.15, -0.1) is 0 Å². The zero-order valence-electron chi connectivity index (χ0n) is 10.1. The van der Waals surface area contributed by atoms with Crippen molar-refractivity contribution in [2.75, 3.05) is 6.61 Å². The summed E-state index contributed by atoms with van der Waals surface area (Å²) in [5.41, 5.74) is 7.61. The number of benzene rings is 1. The van der Waals surface area contributed by atoms with Crippen LogP contribution >= 0.6 is 0 Å². The molecule has 0 spiro atoms. The molecule has 0 saturated heterocycles. The molecule has 0 radical (unpaired) electrons. The van der Waals surface area contributed by atoms with E-state index in [0.29, 0.717) is 5.92 Å². The summed E-state index contributed by atoms with van der Waals surface area (Å²) in [7, 11) is 0. The van der Waals surface area contributed by atoms with Crippen molar-refractivity contribution >= 4 is 5.78 Å². The van der Waals surface area contributed by atoms with Gasteiger partial charge in [-0.1, -0.05) is 24.3 Å². The van der Waals surface area contributed by atoms with Crippen LogP contribution in [0.25, 0.3) is 0 Å². The average molecular weight is 233 g/mol. The fourth-order valence-corrected chi connectivity index (χ4v) is 2.57. The average Bonchev–Trinajstić information content (AvgIpc) is 2.73.